The van der Waals surface area contributed by atoms with E-state index in [1.165, 1.54) is 24.3 Å². The molecule has 0 saturated carbocycles. The number of alkyl halides is 6. The normalized spacial score (nSPS) is 16.8. The summed E-state index contributed by atoms with van der Waals surface area (Å²) < 4.78 is 99.2. The number of carbonyl (C=O) groups excluding carboxylic acids is 1. The number of benzene rings is 5. The summed E-state index contributed by atoms with van der Waals surface area (Å²) in [7, 11) is 1.59. The number of halogens is 6. The lowest BCUT2D eigenvalue weighted by atomic mass is 10.00. The van der Waals surface area contributed by atoms with Crippen LogP contribution in [0.2, 0.25) is 0 Å². The number of fused-ring (bicyclic) bond motifs is 5. The highest BCUT2D eigenvalue weighted by Gasteiger charge is 2.34. The van der Waals surface area contributed by atoms with Crippen LogP contribution in [0.15, 0.2) is 102 Å². The van der Waals surface area contributed by atoms with Gasteiger partial charge in [0.05, 0.1) is 31.0 Å². The number of unbranched alkanes of at least 4 members (excludes halogenated alkanes) is 4. The Bertz CT molecular complexity index is 2650. The first-order valence-corrected chi connectivity index (χ1v) is 23.7. The van der Waals surface area contributed by atoms with Crippen LogP contribution in [0.4, 0.5) is 32.0 Å². The number of aromatic nitrogens is 1. The minimum atomic E-state index is -4.79. The number of amides is 1. The molecule has 2 saturated heterocycles. The second-order valence-corrected chi connectivity index (χ2v) is 17.9. The van der Waals surface area contributed by atoms with Crippen LogP contribution in [-0.2, 0) is 6.54 Å². The van der Waals surface area contributed by atoms with Gasteiger partial charge in [-0.25, -0.2) is 0 Å². The van der Waals surface area contributed by atoms with Crippen LogP contribution < -0.4 is 18.9 Å². The summed E-state index contributed by atoms with van der Waals surface area (Å²) in [5.74, 6) is 0.557. The van der Waals surface area contributed by atoms with Gasteiger partial charge in [0.15, 0.2) is 11.5 Å². The predicted molar refractivity (Wildman–Crippen MR) is 255 cm³/mol. The van der Waals surface area contributed by atoms with Crippen molar-refractivity contribution in [2.24, 2.45) is 4.99 Å². The Morgan fingerprint density at radius 3 is 1.65 bits per heavy atom. The summed E-state index contributed by atoms with van der Waals surface area (Å²) in [4.78, 5) is 24.8. The first kappa shape index (κ1) is 47.8. The fourth-order valence-corrected chi connectivity index (χ4v) is 9.84. The summed E-state index contributed by atoms with van der Waals surface area (Å²) in [6.07, 6.45) is 0.355. The molecule has 4 heterocycles. The molecule has 0 spiro atoms. The summed E-state index contributed by atoms with van der Waals surface area (Å²) in [5, 5.41) is 1.92. The molecule has 2 fully saturated rings. The Hall–Kier alpha value is -6.26. The lowest BCUT2D eigenvalue weighted by Crippen LogP contribution is -2.46. The van der Waals surface area contributed by atoms with Crippen molar-refractivity contribution >= 4 is 39.6 Å². The van der Waals surface area contributed by atoms with Gasteiger partial charge >= 0.3 is 12.7 Å². The highest BCUT2D eigenvalue weighted by atomic mass is 19.4. The van der Waals surface area contributed by atoms with Crippen LogP contribution >= 0.6 is 0 Å². The molecule has 0 N–H and O–H groups in total. The van der Waals surface area contributed by atoms with Gasteiger partial charge in [-0.1, -0.05) is 42.8 Å². The maximum atomic E-state index is 13.2. The zero-order chi connectivity index (χ0) is 48.1. The third kappa shape index (κ3) is 11.6. The molecule has 0 unspecified atom stereocenters. The third-order valence-corrected chi connectivity index (χ3v) is 13.4. The topological polar surface area (TPSA) is 81.0 Å². The van der Waals surface area contributed by atoms with Crippen LogP contribution in [0.25, 0.3) is 44.1 Å². The Morgan fingerprint density at radius 1 is 0.594 bits per heavy atom. The van der Waals surface area contributed by atoms with Gasteiger partial charge in [0.25, 0.3) is 5.91 Å². The fourth-order valence-electron chi connectivity index (χ4n) is 9.84. The molecule has 1 atom stereocenters. The van der Waals surface area contributed by atoms with E-state index in [4.69, 9.17) is 9.47 Å². The summed E-state index contributed by atoms with van der Waals surface area (Å²) in [6, 6.07) is 27.3. The van der Waals surface area contributed by atoms with Gasteiger partial charge in [0.1, 0.15) is 11.5 Å². The zero-order valence-corrected chi connectivity index (χ0v) is 38.5. The Labute approximate surface area is 397 Å². The van der Waals surface area contributed by atoms with Crippen molar-refractivity contribution in [1.82, 2.24) is 19.3 Å². The molecule has 69 heavy (non-hydrogen) atoms. The minimum absolute atomic E-state index is 0.00374. The highest BCUT2D eigenvalue weighted by molar-refractivity contribution is 6.10. The zero-order valence-electron chi connectivity index (χ0n) is 38.5. The number of hydrogen-bond donors (Lipinski definition) is 0. The van der Waals surface area contributed by atoms with E-state index in [-0.39, 0.29) is 23.4 Å². The summed E-state index contributed by atoms with van der Waals surface area (Å²) in [5.41, 5.74) is 6.30. The van der Waals surface area contributed by atoms with E-state index in [1.54, 1.807) is 37.4 Å². The van der Waals surface area contributed by atoms with E-state index >= 15 is 0 Å². The Morgan fingerprint density at radius 2 is 1.12 bits per heavy atom. The number of piperazine rings is 1. The quantitative estimate of drug-likeness (QED) is 0.0627. The van der Waals surface area contributed by atoms with Gasteiger partial charge in [-0.15, -0.1) is 26.3 Å². The Balaban J connectivity index is 0.754. The van der Waals surface area contributed by atoms with Crippen LogP contribution in [0.1, 0.15) is 61.7 Å². The number of hydrogen-bond acceptors (Lipinski definition) is 8. The Kier molecular flexibility index (Phi) is 14.4. The number of carbonyl (C=O) groups is 1. The fraction of sp³-hybridized carbons (Fsp3) is 0.396. The van der Waals surface area contributed by atoms with Crippen molar-refractivity contribution in [2.45, 2.75) is 76.7 Å². The van der Waals surface area contributed by atoms with Crippen molar-refractivity contribution in [3.8, 4) is 45.3 Å². The molecular formula is C53H55F6N5O5. The second kappa shape index (κ2) is 20.8. The van der Waals surface area contributed by atoms with Crippen LogP contribution in [0.3, 0.4) is 0 Å². The molecule has 16 heteroatoms. The summed E-state index contributed by atoms with van der Waals surface area (Å²) in [6.45, 7) is 8.34. The molecule has 0 radical (unpaired) electrons. The first-order chi connectivity index (χ1) is 33.3. The van der Waals surface area contributed by atoms with E-state index in [2.05, 4.69) is 28.8 Å². The number of rotatable bonds is 18. The van der Waals surface area contributed by atoms with Crippen molar-refractivity contribution in [3.63, 3.8) is 0 Å². The van der Waals surface area contributed by atoms with Crippen molar-refractivity contribution in [3.05, 3.63) is 103 Å². The average molecular weight is 956 g/mol. The van der Waals surface area contributed by atoms with Crippen molar-refractivity contribution in [1.29, 1.82) is 0 Å². The molecule has 3 aliphatic heterocycles. The molecule has 5 aromatic carbocycles. The predicted octanol–water partition coefficient (Wildman–Crippen LogP) is 12.3. The average Bonchev–Trinajstić information content (AvgIpc) is 3.90. The highest BCUT2D eigenvalue weighted by Crippen LogP contribution is 2.40. The van der Waals surface area contributed by atoms with E-state index in [0.717, 1.165) is 148 Å². The third-order valence-electron chi connectivity index (χ3n) is 13.4. The van der Waals surface area contributed by atoms with Gasteiger partial charge < -0.3 is 38.2 Å². The molecule has 10 nitrogen and oxygen atoms in total. The minimum Gasteiger partial charge on any atom is -0.493 e. The van der Waals surface area contributed by atoms with Crippen molar-refractivity contribution < 1.29 is 50.1 Å². The first-order valence-electron chi connectivity index (χ1n) is 23.7. The van der Waals surface area contributed by atoms with Gasteiger partial charge in [0.2, 0.25) is 0 Å². The van der Waals surface area contributed by atoms with Gasteiger partial charge in [-0.05, 0) is 135 Å². The van der Waals surface area contributed by atoms with Gasteiger partial charge in [-0.3, -0.25) is 9.79 Å². The van der Waals surface area contributed by atoms with Gasteiger partial charge in [0, 0.05) is 73.4 Å². The standard InChI is InChI=1S/C53H55F6N5O5/c1-66-49-33-45-46(60-35-40-9-8-25-63(40)51(45)65)34-50(49)67-30-7-3-5-23-62-28-26-61(27-29-62)22-4-2-6-24-64-47-20-14-38(36-10-16-41(17-11-36)68-52(54,55)56)31-43(47)44-32-39(15-21-48(44)64)37-12-18-42(19-13-37)69-53(57,58)59/h10-21,31-35,40H,2-9,22-30H2,1H3/t40-/m0/s1. The van der Waals surface area contributed by atoms with E-state index in [1.807, 2.05) is 53.6 Å². The lowest BCUT2D eigenvalue weighted by Gasteiger charge is -2.34. The number of aliphatic imine (C=N–C) groups is 1. The molecule has 364 valence electrons. The SMILES string of the molecule is COc1cc2c(cc1OCCCCCN1CCN(CCCCCn3c4ccc(-c5ccc(OC(F)(F)F)cc5)cc4c4cc(-c5ccc(OC(F)(F)F)cc5)ccc43)CC1)N=C[C@@H]1CCCN1C2=O. The molecular weight excluding hydrogens is 901 g/mol. The van der Waals surface area contributed by atoms with Crippen LogP contribution in [0.5, 0.6) is 23.0 Å². The van der Waals surface area contributed by atoms with Crippen molar-refractivity contribution in [2.75, 3.05) is 59.5 Å². The number of methoxy groups -OCH3 is 1. The maximum Gasteiger partial charge on any atom is 0.573 e. The monoisotopic (exact) mass is 955 g/mol. The van der Waals surface area contributed by atoms with Crippen LogP contribution in [-0.4, -0.2) is 110 Å². The van der Waals surface area contributed by atoms with E-state index in [0.29, 0.717) is 29.4 Å². The van der Waals surface area contributed by atoms with E-state index in [9.17, 15) is 31.1 Å². The molecule has 0 aliphatic carbocycles. The largest absolute Gasteiger partial charge is 0.573 e. The molecule has 9 rings (SSSR count). The number of ether oxygens (including phenoxy) is 4. The number of nitrogens with zero attached hydrogens (tertiary/aromatic N) is 5. The molecule has 1 aromatic heterocycles. The molecule has 0 bridgehead atoms. The summed E-state index contributed by atoms with van der Waals surface area (Å²) >= 11 is 0. The molecule has 3 aliphatic rings. The van der Waals surface area contributed by atoms with E-state index < -0.39 is 12.7 Å². The lowest BCUT2D eigenvalue weighted by molar-refractivity contribution is -0.275. The number of aryl methyl sites for hydroxylation is 1. The second-order valence-electron chi connectivity index (χ2n) is 17.9. The van der Waals surface area contributed by atoms with Crippen LogP contribution in [0, 0.1) is 0 Å². The maximum absolute atomic E-state index is 13.2. The molecule has 6 aromatic rings. The molecule has 1 amide bonds. The van der Waals surface area contributed by atoms with Gasteiger partial charge in [-0.2, -0.15) is 0 Å². The smallest absolute Gasteiger partial charge is 0.493 e.